The van der Waals surface area contributed by atoms with Gasteiger partial charge in [-0.15, -0.1) is 0 Å². The molecule has 0 radical (unpaired) electrons. The first kappa shape index (κ1) is 10.4. The van der Waals surface area contributed by atoms with Crippen LogP contribution < -0.4 is 0 Å². The summed E-state index contributed by atoms with van der Waals surface area (Å²) in [4.78, 5) is 12.1. The van der Waals surface area contributed by atoms with E-state index in [0.717, 1.165) is 24.0 Å². The van der Waals surface area contributed by atoms with E-state index in [1.807, 2.05) is 26.0 Å². The zero-order valence-electron chi connectivity index (χ0n) is 9.71. The fourth-order valence-corrected chi connectivity index (χ4v) is 2.22. The molecule has 1 aromatic carbocycles. The largest absolute Gasteiger partial charge is 0.294 e. The maximum atomic E-state index is 12.1. The molecule has 0 N–H and O–H groups in total. The Morgan fingerprint density at radius 2 is 2.13 bits per heavy atom. The standard InChI is InChI=1S/C14H18O/c1-4-11-8-13(11)14(15)12-7-9(2)5-6-10(12)3/h5-7,11,13H,4,8H2,1-3H3/t11-,13-/m1/s1. The highest BCUT2D eigenvalue weighted by atomic mass is 16.1. The van der Waals surface area contributed by atoms with Crippen molar-refractivity contribution in [2.75, 3.05) is 0 Å². The average Bonchev–Trinajstić information content (AvgIpc) is 3.00. The molecule has 1 saturated carbocycles. The maximum absolute atomic E-state index is 12.1. The molecule has 2 atom stereocenters. The van der Waals surface area contributed by atoms with Crippen LogP contribution in [0.4, 0.5) is 0 Å². The second kappa shape index (κ2) is 3.80. The van der Waals surface area contributed by atoms with Crippen LogP contribution in [0.15, 0.2) is 18.2 Å². The molecule has 0 aliphatic heterocycles. The van der Waals surface area contributed by atoms with E-state index in [1.165, 1.54) is 5.56 Å². The third-order valence-corrected chi connectivity index (χ3v) is 3.44. The molecule has 1 aliphatic rings. The number of hydrogen-bond donors (Lipinski definition) is 0. The van der Waals surface area contributed by atoms with Gasteiger partial charge in [0.2, 0.25) is 0 Å². The lowest BCUT2D eigenvalue weighted by Gasteiger charge is -2.05. The van der Waals surface area contributed by atoms with Gasteiger partial charge in [0.05, 0.1) is 0 Å². The molecule has 80 valence electrons. The molecule has 0 spiro atoms. The Hall–Kier alpha value is -1.11. The van der Waals surface area contributed by atoms with Gasteiger partial charge in [-0.25, -0.2) is 0 Å². The van der Waals surface area contributed by atoms with Crippen molar-refractivity contribution in [1.82, 2.24) is 0 Å². The van der Waals surface area contributed by atoms with E-state index in [0.29, 0.717) is 17.6 Å². The molecule has 0 bridgehead atoms. The Morgan fingerprint density at radius 1 is 1.40 bits per heavy atom. The quantitative estimate of drug-likeness (QED) is 0.685. The summed E-state index contributed by atoms with van der Waals surface area (Å²) in [6.45, 7) is 6.23. The van der Waals surface area contributed by atoms with Gasteiger partial charge in [0.1, 0.15) is 0 Å². The van der Waals surface area contributed by atoms with Gasteiger partial charge in [-0.3, -0.25) is 4.79 Å². The molecule has 0 saturated heterocycles. The lowest BCUT2D eigenvalue weighted by molar-refractivity contribution is 0.0960. The zero-order chi connectivity index (χ0) is 11.0. The minimum atomic E-state index is 0.315. The third kappa shape index (κ3) is 1.97. The van der Waals surface area contributed by atoms with Crippen LogP contribution in [0.25, 0.3) is 0 Å². The maximum Gasteiger partial charge on any atom is 0.166 e. The molecule has 0 aromatic heterocycles. The smallest absolute Gasteiger partial charge is 0.166 e. The lowest BCUT2D eigenvalue weighted by Crippen LogP contribution is -2.06. The van der Waals surface area contributed by atoms with E-state index < -0.39 is 0 Å². The molecular weight excluding hydrogens is 184 g/mol. The lowest BCUT2D eigenvalue weighted by atomic mass is 9.98. The molecule has 1 fully saturated rings. The van der Waals surface area contributed by atoms with Crippen LogP contribution in [0.1, 0.15) is 41.3 Å². The van der Waals surface area contributed by atoms with Crippen LogP contribution in [0.3, 0.4) is 0 Å². The summed E-state index contributed by atoms with van der Waals surface area (Å²) in [7, 11) is 0. The van der Waals surface area contributed by atoms with Crippen molar-refractivity contribution in [2.45, 2.75) is 33.6 Å². The Labute approximate surface area is 91.5 Å². The Balaban J connectivity index is 2.22. The SMILES string of the molecule is CC[C@@H]1C[C@H]1C(=O)c1cc(C)ccc1C. The highest BCUT2D eigenvalue weighted by Gasteiger charge is 2.41. The van der Waals surface area contributed by atoms with Crippen molar-refractivity contribution in [3.05, 3.63) is 34.9 Å². The summed E-state index contributed by atoms with van der Waals surface area (Å²) in [5.41, 5.74) is 3.24. The normalized spacial score (nSPS) is 23.9. The van der Waals surface area contributed by atoms with Crippen LogP contribution in [-0.4, -0.2) is 5.78 Å². The number of Topliss-reactive ketones (excluding diaryl/α,β-unsaturated/α-hetero) is 1. The molecule has 15 heavy (non-hydrogen) atoms. The van der Waals surface area contributed by atoms with Gasteiger partial charge < -0.3 is 0 Å². The van der Waals surface area contributed by atoms with E-state index in [9.17, 15) is 4.79 Å². The number of hydrogen-bond acceptors (Lipinski definition) is 1. The van der Waals surface area contributed by atoms with Crippen LogP contribution >= 0.6 is 0 Å². The summed E-state index contributed by atoms with van der Waals surface area (Å²) in [6.07, 6.45) is 2.24. The minimum Gasteiger partial charge on any atom is -0.294 e. The number of benzene rings is 1. The van der Waals surface area contributed by atoms with E-state index in [-0.39, 0.29) is 0 Å². The Morgan fingerprint density at radius 3 is 2.73 bits per heavy atom. The molecule has 0 heterocycles. The number of aryl methyl sites for hydroxylation is 2. The summed E-state index contributed by atoms with van der Waals surface area (Å²) < 4.78 is 0. The Bertz CT molecular complexity index is 392. The van der Waals surface area contributed by atoms with Crippen molar-refractivity contribution in [3.63, 3.8) is 0 Å². The van der Waals surface area contributed by atoms with E-state index in [1.54, 1.807) is 0 Å². The molecular formula is C14H18O. The van der Waals surface area contributed by atoms with Crippen molar-refractivity contribution < 1.29 is 4.79 Å². The van der Waals surface area contributed by atoms with Gasteiger partial charge in [-0.05, 0) is 37.8 Å². The average molecular weight is 202 g/mol. The van der Waals surface area contributed by atoms with Crippen LogP contribution in [0.2, 0.25) is 0 Å². The number of carbonyl (C=O) groups excluding carboxylic acids is 1. The third-order valence-electron chi connectivity index (χ3n) is 3.44. The second-order valence-corrected chi connectivity index (χ2v) is 4.69. The fraction of sp³-hybridized carbons (Fsp3) is 0.500. The fourth-order valence-electron chi connectivity index (χ4n) is 2.22. The highest BCUT2D eigenvalue weighted by molar-refractivity contribution is 6.01. The van der Waals surface area contributed by atoms with Gasteiger partial charge >= 0.3 is 0 Å². The monoisotopic (exact) mass is 202 g/mol. The predicted octanol–water partition coefficient (Wildman–Crippen LogP) is 3.53. The molecule has 1 aromatic rings. The van der Waals surface area contributed by atoms with E-state index in [2.05, 4.69) is 13.0 Å². The minimum absolute atomic E-state index is 0.315. The molecule has 0 amide bonds. The molecule has 1 heteroatoms. The van der Waals surface area contributed by atoms with Gasteiger partial charge in [0.25, 0.3) is 0 Å². The number of rotatable bonds is 3. The topological polar surface area (TPSA) is 17.1 Å². The first-order chi connectivity index (χ1) is 7.13. The van der Waals surface area contributed by atoms with Crippen molar-refractivity contribution in [1.29, 1.82) is 0 Å². The first-order valence-corrected chi connectivity index (χ1v) is 5.75. The van der Waals surface area contributed by atoms with Crippen LogP contribution in [0.5, 0.6) is 0 Å². The molecule has 1 nitrogen and oxygen atoms in total. The molecule has 0 unspecified atom stereocenters. The van der Waals surface area contributed by atoms with E-state index >= 15 is 0 Å². The highest BCUT2D eigenvalue weighted by Crippen LogP contribution is 2.43. The van der Waals surface area contributed by atoms with Gasteiger partial charge in [-0.1, -0.05) is 31.0 Å². The summed E-state index contributed by atoms with van der Waals surface area (Å²) >= 11 is 0. The Kier molecular flexibility index (Phi) is 2.64. The van der Waals surface area contributed by atoms with Crippen molar-refractivity contribution in [2.24, 2.45) is 11.8 Å². The number of ketones is 1. The second-order valence-electron chi connectivity index (χ2n) is 4.69. The number of carbonyl (C=O) groups is 1. The summed E-state index contributed by atoms with van der Waals surface area (Å²) in [5.74, 6) is 1.33. The molecule has 2 rings (SSSR count). The van der Waals surface area contributed by atoms with Crippen molar-refractivity contribution >= 4 is 5.78 Å². The summed E-state index contributed by atoms with van der Waals surface area (Å²) in [5, 5.41) is 0. The van der Waals surface area contributed by atoms with E-state index in [4.69, 9.17) is 0 Å². The summed E-state index contributed by atoms with van der Waals surface area (Å²) in [6, 6.07) is 6.14. The van der Waals surface area contributed by atoms with Crippen LogP contribution in [-0.2, 0) is 0 Å². The zero-order valence-corrected chi connectivity index (χ0v) is 9.71. The van der Waals surface area contributed by atoms with Gasteiger partial charge in [0, 0.05) is 11.5 Å². The van der Waals surface area contributed by atoms with Crippen LogP contribution in [0, 0.1) is 25.7 Å². The van der Waals surface area contributed by atoms with Gasteiger partial charge in [0.15, 0.2) is 5.78 Å². The first-order valence-electron chi connectivity index (χ1n) is 5.75. The van der Waals surface area contributed by atoms with Crippen molar-refractivity contribution in [3.8, 4) is 0 Å². The molecule has 1 aliphatic carbocycles. The van der Waals surface area contributed by atoms with Gasteiger partial charge in [-0.2, -0.15) is 0 Å². The predicted molar refractivity (Wildman–Crippen MR) is 62.1 cm³/mol.